The Bertz CT molecular complexity index is 781. The van der Waals surface area contributed by atoms with Gasteiger partial charge in [0.2, 0.25) is 0 Å². The van der Waals surface area contributed by atoms with E-state index in [0.29, 0.717) is 5.41 Å². The third-order valence-corrected chi connectivity index (χ3v) is 7.44. The smallest absolute Gasteiger partial charge is 0.167 e. The lowest BCUT2D eigenvalue weighted by molar-refractivity contribution is 0.0158. The molecular weight excluding hydrogens is 310 g/mol. The van der Waals surface area contributed by atoms with E-state index in [2.05, 4.69) is 22.8 Å². The molecule has 4 saturated carbocycles. The van der Waals surface area contributed by atoms with E-state index in [1.807, 2.05) is 18.2 Å². The van der Waals surface area contributed by atoms with Gasteiger partial charge < -0.3 is 9.30 Å². The highest BCUT2D eigenvalue weighted by Crippen LogP contribution is 2.65. The van der Waals surface area contributed by atoms with Crippen molar-refractivity contribution in [2.75, 3.05) is 7.11 Å². The molecule has 4 heteroatoms. The first-order valence-corrected chi connectivity index (χ1v) is 9.71. The molecule has 1 aromatic carbocycles. The molecule has 0 radical (unpaired) electrons. The van der Waals surface area contributed by atoms with Gasteiger partial charge >= 0.3 is 0 Å². The van der Waals surface area contributed by atoms with E-state index in [9.17, 15) is 0 Å². The minimum atomic E-state index is 0.249. The van der Waals surface area contributed by atoms with Crippen molar-refractivity contribution in [3.05, 3.63) is 30.1 Å². The van der Waals surface area contributed by atoms with Gasteiger partial charge in [-0.05, 0) is 74.8 Å². The van der Waals surface area contributed by atoms with Crippen LogP contribution < -0.4 is 4.74 Å². The standard InChI is InChI=1S/C21H27N3O/c1-24-18(16-5-3-4-6-17(16)25-2)22-23-19(24)21-12-9-20(10-13-21,11-14-21)15-7-8-15/h3-6,15H,7-14H2,1-2H3. The third-order valence-electron chi connectivity index (χ3n) is 7.44. The summed E-state index contributed by atoms with van der Waals surface area (Å²) in [6, 6.07) is 8.10. The largest absolute Gasteiger partial charge is 0.496 e. The van der Waals surface area contributed by atoms with Gasteiger partial charge in [0.15, 0.2) is 5.82 Å². The number of fused-ring (bicyclic) bond motifs is 3. The number of para-hydroxylation sites is 1. The molecule has 0 aliphatic heterocycles. The first-order chi connectivity index (χ1) is 12.2. The molecule has 4 aliphatic rings. The van der Waals surface area contributed by atoms with Crippen molar-refractivity contribution >= 4 is 0 Å². The van der Waals surface area contributed by atoms with Crippen molar-refractivity contribution in [1.29, 1.82) is 0 Å². The topological polar surface area (TPSA) is 39.9 Å². The molecule has 4 aliphatic carbocycles. The first kappa shape index (κ1) is 15.4. The highest BCUT2D eigenvalue weighted by Gasteiger charge is 2.56. The molecule has 0 saturated heterocycles. The van der Waals surface area contributed by atoms with Crippen LogP contribution in [0.15, 0.2) is 24.3 Å². The van der Waals surface area contributed by atoms with Crippen LogP contribution in [-0.4, -0.2) is 21.9 Å². The van der Waals surface area contributed by atoms with Gasteiger partial charge in [0.1, 0.15) is 11.6 Å². The van der Waals surface area contributed by atoms with Crippen molar-refractivity contribution in [3.63, 3.8) is 0 Å². The fourth-order valence-electron chi connectivity index (χ4n) is 5.71. The number of ether oxygens (including phenoxy) is 1. The Morgan fingerprint density at radius 1 is 1.00 bits per heavy atom. The number of nitrogens with zero attached hydrogens (tertiary/aromatic N) is 3. The molecular formula is C21H27N3O. The molecule has 0 unspecified atom stereocenters. The third kappa shape index (κ3) is 2.19. The predicted octanol–water partition coefficient (Wildman–Crippen LogP) is 4.49. The zero-order chi connectivity index (χ0) is 17.1. The van der Waals surface area contributed by atoms with Gasteiger partial charge in [-0.15, -0.1) is 10.2 Å². The summed E-state index contributed by atoms with van der Waals surface area (Å²) >= 11 is 0. The van der Waals surface area contributed by atoms with E-state index < -0.39 is 0 Å². The molecule has 0 atom stereocenters. The van der Waals surface area contributed by atoms with Crippen LogP contribution in [0.5, 0.6) is 5.75 Å². The number of methoxy groups -OCH3 is 1. The van der Waals surface area contributed by atoms with Gasteiger partial charge in [0.05, 0.1) is 12.7 Å². The lowest BCUT2D eigenvalue weighted by Gasteiger charge is -2.53. The molecule has 0 spiro atoms. The quantitative estimate of drug-likeness (QED) is 0.825. The molecule has 4 nitrogen and oxygen atoms in total. The summed E-state index contributed by atoms with van der Waals surface area (Å²) in [5, 5.41) is 9.28. The molecule has 25 heavy (non-hydrogen) atoms. The summed E-state index contributed by atoms with van der Waals surface area (Å²) in [5.41, 5.74) is 1.96. The highest BCUT2D eigenvalue weighted by atomic mass is 16.5. The van der Waals surface area contributed by atoms with E-state index in [1.165, 1.54) is 57.2 Å². The number of rotatable bonds is 4. The minimum absolute atomic E-state index is 0.249. The van der Waals surface area contributed by atoms with Crippen LogP contribution in [0.25, 0.3) is 11.4 Å². The average Bonchev–Trinajstić information content (AvgIpc) is 3.46. The van der Waals surface area contributed by atoms with Crippen molar-refractivity contribution in [2.24, 2.45) is 18.4 Å². The first-order valence-electron chi connectivity index (χ1n) is 9.71. The fraction of sp³-hybridized carbons (Fsp3) is 0.619. The Hall–Kier alpha value is -1.84. The molecule has 2 aromatic rings. The van der Waals surface area contributed by atoms with Crippen LogP contribution in [0.1, 0.15) is 57.2 Å². The van der Waals surface area contributed by atoms with Gasteiger partial charge in [-0.3, -0.25) is 0 Å². The summed E-state index contributed by atoms with van der Waals surface area (Å²) in [4.78, 5) is 0. The van der Waals surface area contributed by atoms with E-state index in [0.717, 1.165) is 23.1 Å². The van der Waals surface area contributed by atoms with Crippen molar-refractivity contribution in [1.82, 2.24) is 14.8 Å². The Balaban J connectivity index is 1.49. The number of hydrogen-bond acceptors (Lipinski definition) is 3. The number of benzene rings is 1. The van der Waals surface area contributed by atoms with Crippen molar-refractivity contribution in [3.8, 4) is 17.1 Å². The monoisotopic (exact) mass is 337 g/mol. The molecule has 6 rings (SSSR count). The van der Waals surface area contributed by atoms with Gasteiger partial charge in [-0.1, -0.05) is 12.1 Å². The molecule has 1 heterocycles. The molecule has 2 bridgehead atoms. The molecule has 0 amide bonds. The number of aromatic nitrogens is 3. The number of hydrogen-bond donors (Lipinski definition) is 0. The second kappa shape index (κ2) is 5.33. The highest BCUT2D eigenvalue weighted by molar-refractivity contribution is 5.64. The van der Waals surface area contributed by atoms with E-state index in [1.54, 1.807) is 7.11 Å². The van der Waals surface area contributed by atoms with Crippen LogP contribution in [0, 0.1) is 11.3 Å². The Kier molecular flexibility index (Phi) is 3.28. The van der Waals surface area contributed by atoms with Gasteiger partial charge in [0.25, 0.3) is 0 Å². The Morgan fingerprint density at radius 3 is 2.32 bits per heavy atom. The normalized spacial score (nSPS) is 31.3. The maximum atomic E-state index is 5.53. The lowest BCUT2D eigenvalue weighted by Crippen LogP contribution is -2.46. The SMILES string of the molecule is COc1ccccc1-c1nnc(C23CCC(C4CC4)(CC2)CC3)n1C. The average molecular weight is 337 g/mol. The fourth-order valence-corrected chi connectivity index (χ4v) is 5.71. The van der Waals surface area contributed by atoms with Gasteiger partial charge in [-0.25, -0.2) is 0 Å². The van der Waals surface area contributed by atoms with Crippen LogP contribution >= 0.6 is 0 Å². The van der Waals surface area contributed by atoms with Crippen LogP contribution in [0.4, 0.5) is 0 Å². The summed E-state index contributed by atoms with van der Waals surface area (Å²) in [7, 11) is 3.84. The minimum Gasteiger partial charge on any atom is -0.496 e. The van der Waals surface area contributed by atoms with E-state index in [4.69, 9.17) is 9.84 Å². The second-order valence-electron chi connectivity index (χ2n) is 8.52. The summed E-state index contributed by atoms with van der Waals surface area (Å²) in [6.07, 6.45) is 11.0. The summed E-state index contributed by atoms with van der Waals surface area (Å²) < 4.78 is 7.76. The predicted molar refractivity (Wildman–Crippen MR) is 97.5 cm³/mol. The van der Waals surface area contributed by atoms with Gasteiger partial charge in [-0.2, -0.15) is 0 Å². The van der Waals surface area contributed by atoms with Gasteiger partial charge in [0, 0.05) is 12.5 Å². The molecule has 132 valence electrons. The van der Waals surface area contributed by atoms with Crippen LogP contribution in [-0.2, 0) is 12.5 Å². The van der Waals surface area contributed by atoms with Crippen molar-refractivity contribution < 1.29 is 4.74 Å². The van der Waals surface area contributed by atoms with Crippen LogP contribution in [0.2, 0.25) is 0 Å². The molecule has 0 N–H and O–H groups in total. The van der Waals surface area contributed by atoms with E-state index >= 15 is 0 Å². The molecule has 1 aromatic heterocycles. The second-order valence-corrected chi connectivity index (χ2v) is 8.52. The summed E-state index contributed by atoms with van der Waals surface area (Å²) in [5.74, 6) is 4.01. The zero-order valence-electron chi connectivity index (χ0n) is 15.3. The molecule has 4 fully saturated rings. The maximum Gasteiger partial charge on any atom is 0.167 e. The summed E-state index contributed by atoms with van der Waals surface area (Å²) in [6.45, 7) is 0. The zero-order valence-corrected chi connectivity index (χ0v) is 15.3. The van der Waals surface area contributed by atoms with E-state index in [-0.39, 0.29) is 5.41 Å². The van der Waals surface area contributed by atoms with Crippen molar-refractivity contribution in [2.45, 2.75) is 56.8 Å². The Morgan fingerprint density at radius 2 is 1.68 bits per heavy atom. The van der Waals surface area contributed by atoms with Crippen LogP contribution in [0.3, 0.4) is 0 Å². The maximum absolute atomic E-state index is 5.53. The lowest BCUT2D eigenvalue weighted by atomic mass is 9.52. The Labute approximate surface area is 149 Å².